The average molecular weight is 283 g/mol. The lowest BCUT2D eigenvalue weighted by Crippen LogP contribution is -2.33. The van der Waals surface area contributed by atoms with Crippen molar-refractivity contribution in [2.24, 2.45) is 0 Å². The Balaban J connectivity index is 3.09. The van der Waals surface area contributed by atoms with Crippen molar-refractivity contribution >= 4 is 23.7 Å². The Hall–Kier alpha value is -1.36. The number of hydrogen-bond donors (Lipinski definition) is 1. The number of hydrogen-bond acceptors (Lipinski definition) is 3. The summed E-state index contributed by atoms with van der Waals surface area (Å²) in [6.45, 7) is 8.62. The van der Waals surface area contributed by atoms with Crippen LogP contribution in [0.5, 0.6) is 0 Å². The van der Waals surface area contributed by atoms with Gasteiger partial charge in [0.1, 0.15) is 0 Å². The summed E-state index contributed by atoms with van der Waals surface area (Å²) < 4.78 is 0. The molecule has 1 N–H and O–H groups in total. The minimum absolute atomic E-state index is 0.0112. The molecule has 1 atom stereocenters. The van der Waals surface area contributed by atoms with Gasteiger partial charge in [-0.1, -0.05) is 27.7 Å². The van der Waals surface area contributed by atoms with E-state index in [4.69, 9.17) is 0 Å². The van der Waals surface area contributed by atoms with E-state index in [9.17, 15) is 14.7 Å². The molecule has 106 valence electrons. The van der Waals surface area contributed by atoms with Gasteiger partial charge in [0, 0.05) is 16.3 Å². The Labute approximate surface area is 118 Å². The summed E-state index contributed by atoms with van der Waals surface area (Å²) in [5.74, 6) is -0.983. The van der Waals surface area contributed by atoms with Gasteiger partial charge in [-0.15, -0.1) is 11.3 Å². The van der Waals surface area contributed by atoms with E-state index < -0.39 is 12.0 Å². The molecule has 0 aliphatic carbocycles. The molecule has 0 bridgehead atoms. The minimum atomic E-state index is -0.983. The van der Waals surface area contributed by atoms with Crippen molar-refractivity contribution in [1.29, 1.82) is 0 Å². The van der Waals surface area contributed by atoms with Crippen LogP contribution in [-0.4, -0.2) is 28.9 Å². The third kappa shape index (κ3) is 3.80. The number of carboxylic acid groups (broad SMARTS) is 1. The fourth-order valence-electron chi connectivity index (χ4n) is 1.83. The number of aliphatic carboxylic acids is 1. The molecule has 1 amide bonds. The second-order valence-corrected chi connectivity index (χ2v) is 6.65. The van der Waals surface area contributed by atoms with Gasteiger partial charge < -0.3 is 10.0 Å². The van der Waals surface area contributed by atoms with Crippen LogP contribution in [0, 0.1) is 0 Å². The highest BCUT2D eigenvalue weighted by Gasteiger charge is 2.29. The number of nitrogens with zero attached hydrogens (tertiary/aromatic N) is 1. The number of amides is 1. The lowest BCUT2D eigenvalue weighted by atomic mass is 9.95. The van der Waals surface area contributed by atoms with Crippen molar-refractivity contribution in [2.45, 2.75) is 45.6 Å². The summed E-state index contributed by atoms with van der Waals surface area (Å²) in [6, 6.07) is 2.89. The molecule has 5 heteroatoms. The molecule has 0 spiro atoms. The number of carbonyl (C=O) groups excluding carboxylic acids is 1. The molecule has 0 saturated carbocycles. The van der Waals surface area contributed by atoms with Crippen molar-refractivity contribution in [1.82, 2.24) is 4.90 Å². The molecule has 1 aromatic heterocycles. The Bertz CT molecular complexity index is 448. The first kappa shape index (κ1) is 15.7. The second kappa shape index (κ2) is 6.19. The first-order valence-corrected chi connectivity index (χ1v) is 7.17. The molecule has 1 aromatic rings. The Kier molecular flexibility index (Phi) is 5.11. The highest BCUT2D eigenvalue weighted by Crippen LogP contribution is 2.34. The van der Waals surface area contributed by atoms with Crippen LogP contribution in [0.15, 0.2) is 12.1 Å². The van der Waals surface area contributed by atoms with Crippen LogP contribution in [-0.2, 0) is 15.0 Å². The zero-order valence-electron chi connectivity index (χ0n) is 11.8. The summed E-state index contributed by atoms with van der Waals surface area (Å²) in [4.78, 5) is 25.7. The van der Waals surface area contributed by atoms with Crippen molar-refractivity contribution in [3.05, 3.63) is 21.9 Å². The Morgan fingerprint density at radius 1 is 1.47 bits per heavy atom. The fraction of sp³-hybridized carbons (Fsp3) is 0.571. The molecular formula is C14H21NO3S. The Morgan fingerprint density at radius 3 is 2.47 bits per heavy atom. The molecule has 0 aromatic carbocycles. The normalized spacial score (nSPS) is 13.1. The monoisotopic (exact) mass is 283 g/mol. The number of carboxylic acids is 1. The molecule has 1 heterocycles. The number of thiophene rings is 1. The molecule has 1 unspecified atom stereocenters. The van der Waals surface area contributed by atoms with Crippen molar-refractivity contribution in [2.75, 3.05) is 6.54 Å². The van der Waals surface area contributed by atoms with E-state index in [1.165, 1.54) is 16.2 Å². The molecule has 0 aliphatic heterocycles. The molecule has 0 saturated heterocycles. The van der Waals surface area contributed by atoms with E-state index >= 15 is 0 Å². The quantitative estimate of drug-likeness (QED) is 0.816. The number of rotatable bonds is 6. The number of carbonyl (C=O) groups is 2. The molecule has 1 rings (SSSR count). The van der Waals surface area contributed by atoms with Crippen molar-refractivity contribution in [3.8, 4) is 0 Å². The lowest BCUT2D eigenvalue weighted by Gasteiger charge is -2.23. The van der Waals surface area contributed by atoms with Crippen LogP contribution in [0.25, 0.3) is 0 Å². The molecule has 19 heavy (non-hydrogen) atoms. The summed E-state index contributed by atoms with van der Waals surface area (Å²) in [7, 11) is 0. The first-order valence-electron chi connectivity index (χ1n) is 6.35. The highest BCUT2D eigenvalue weighted by atomic mass is 32.1. The zero-order chi connectivity index (χ0) is 14.6. The van der Waals surface area contributed by atoms with Crippen LogP contribution in [0.3, 0.4) is 0 Å². The van der Waals surface area contributed by atoms with Crippen LogP contribution in [0.1, 0.15) is 49.9 Å². The van der Waals surface area contributed by atoms with Gasteiger partial charge >= 0.3 is 5.97 Å². The van der Waals surface area contributed by atoms with E-state index in [0.29, 0.717) is 17.8 Å². The maximum atomic E-state index is 11.4. The highest BCUT2D eigenvalue weighted by molar-refractivity contribution is 7.12. The van der Waals surface area contributed by atoms with E-state index in [1.54, 1.807) is 0 Å². The fourth-order valence-corrected chi connectivity index (χ4v) is 3.01. The van der Waals surface area contributed by atoms with Crippen molar-refractivity contribution in [3.63, 3.8) is 0 Å². The third-order valence-electron chi connectivity index (χ3n) is 2.82. The third-order valence-corrected chi connectivity index (χ3v) is 4.38. The molecule has 0 fully saturated rings. The van der Waals surface area contributed by atoms with Gasteiger partial charge in [-0.3, -0.25) is 4.79 Å². The maximum absolute atomic E-state index is 11.4. The van der Waals surface area contributed by atoms with Gasteiger partial charge in [0.05, 0.1) is 0 Å². The first-order chi connectivity index (χ1) is 8.81. The van der Waals surface area contributed by atoms with Crippen LogP contribution >= 0.6 is 11.3 Å². The smallest absolute Gasteiger partial charge is 0.331 e. The minimum Gasteiger partial charge on any atom is -0.479 e. The predicted molar refractivity (Wildman–Crippen MR) is 76.5 cm³/mol. The Morgan fingerprint density at radius 2 is 2.11 bits per heavy atom. The SMILES string of the molecule is CCCN(C=O)C(C(=O)O)c1ccc(C(C)(C)C)s1. The van der Waals surface area contributed by atoms with Crippen LogP contribution in [0.2, 0.25) is 0 Å². The van der Waals surface area contributed by atoms with Crippen molar-refractivity contribution < 1.29 is 14.7 Å². The lowest BCUT2D eigenvalue weighted by molar-refractivity contribution is -0.146. The summed E-state index contributed by atoms with van der Waals surface area (Å²) in [6.07, 6.45) is 1.36. The largest absolute Gasteiger partial charge is 0.479 e. The second-order valence-electron chi connectivity index (χ2n) is 5.54. The van der Waals surface area contributed by atoms with Gasteiger partial charge in [0.25, 0.3) is 0 Å². The summed E-state index contributed by atoms with van der Waals surface area (Å²) in [5, 5.41) is 9.37. The maximum Gasteiger partial charge on any atom is 0.331 e. The molecular weight excluding hydrogens is 262 g/mol. The standard InChI is InChI=1S/C14H21NO3S/c1-5-8-15(9-16)12(13(17)18)10-6-7-11(19-10)14(2,3)4/h6-7,9,12H,5,8H2,1-4H3,(H,17,18). The summed E-state index contributed by atoms with van der Waals surface area (Å²) in [5.41, 5.74) is -0.0112. The van der Waals surface area contributed by atoms with Gasteiger partial charge in [0.15, 0.2) is 6.04 Å². The predicted octanol–water partition coefficient (Wildman–Crippen LogP) is 3.04. The van der Waals surface area contributed by atoms with E-state index in [0.717, 1.165) is 11.3 Å². The van der Waals surface area contributed by atoms with E-state index in [-0.39, 0.29) is 5.41 Å². The molecule has 0 radical (unpaired) electrons. The zero-order valence-corrected chi connectivity index (χ0v) is 12.7. The van der Waals surface area contributed by atoms with Gasteiger partial charge in [-0.25, -0.2) is 4.79 Å². The average Bonchev–Trinajstić information content (AvgIpc) is 2.76. The van der Waals surface area contributed by atoms with Crippen LogP contribution in [0.4, 0.5) is 0 Å². The van der Waals surface area contributed by atoms with Gasteiger partial charge in [-0.05, 0) is 24.0 Å². The van der Waals surface area contributed by atoms with Gasteiger partial charge in [0.2, 0.25) is 6.41 Å². The summed E-state index contributed by atoms with van der Waals surface area (Å²) >= 11 is 1.46. The molecule has 4 nitrogen and oxygen atoms in total. The molecule has 0 aliphatic rings. The topological polar surface area (TPSA) is 57.6 Å². The van der Waals surface area contributed by atoms with E-state index in [1.807, 2.05) is 19.1 Å². The van der Waals surface area contributed by atoms with Crippen LogP contribution < -0.4 is 0 Å². The van der Waals surface area contributed by atoms with E-state index in [2.05, 4.69) is 20.8 Å². The van der Waals surface area contributed by atoms with Gasteiger partial charge in [-0.2, -0.15) is 0 Å².